The number of pyridine rings is 1. The molecule has 0 saturated heterocycles. The fourth-order valence-electron chi connectivity index (χ4n) is 6.58. The van der Waals surface area contributed by atoms with Crippen molar-refractivity contribution in [1.82, 2.24) is 4.98 Å². The van der Waals surface area contributed by atoms with Gasteiger partial charge < -0.3 is 24.1 Å². The van der Waals surface area contributed by atoms with Crippen LogP contribution in [0.5, 0.6) is 5.75 Å². The Hall–Kier alpha value is -3.52. The minimum atomic E-state index is -4.75. The first kappa shape index (κ1) is 38.3. The van der Waals surface area contributed by atoms with Crippen molar-refractivity contribution in [1.29, 1.82) is 0 Å². The maximum absolute atomic E-state index is 13.4. The molecule has 2 heterocycles. The van der Waals surface area contributed by atoms with E-state index in [1.165, 1.54) is 37.1 Å². The van der Waals surface area contributed by atoms with E-state index in [2.05, 4.69) is 23.7 Å². The number of allylic oxidation sites excluding steroid dienone is 1. The van der Waals surface area contributed by atoms with Crippen molar-refractivity contribution >= 4 is 54.3 Å². The predicted molar refractivity (Wildman–Crippen MR) is 192 cm³/mol. The van der Waals surface area contributed by atoms with Crippen LogP contribution in [0.2, 0.25) is 0 Å². The van der Waals surface area contributed by atoms with Crippen molar-refractivity contribution in [2.24, 2.45) is 0 Å². The SMILES string of the molecule is CCCCCCN(CCCCCC)c1ccc2c(O)c(/C=C/C3=[N+](CCCS(=O)(=O)[O-])c4ccc(S(=O)(=O)[O-])cc4C3(C)C)c(=O)[nH]c2c1. The first-order valence-electron chi connectivity index (χ1n) is 17.1. The summed E-state index contributed by atoms with van der Waals surface area (Å²) in [7, 11) is -9.24. The van der Waals surface area contributed by atoms with E-state index in [9.17, 15) is 35.8 Å². The van der Waals surface area contributed by atoms with E-state index in [1.807, 2.05) is 12.1 Å². The lowest BCUT2D eigenvalue weighted by atomic mass is 9.81. The fraction of sp³-hybridized carbons (Fsp3) is 0.500. The summed E-state index contributed by atoms with van der Waals surface area (Å²) in [5.74, 6) is -0.803. The Kier molecular flexibility index (Phi) is 12.5. The number of hydrogen-bond donors (Lipinski definition) is 2. The van der Waals surface area contributed by atoms with Gasteiger partial charge in [0.15, 0.2) is 5.71 Å². The van der Waals surface area contributed by atoms with Crippen LogP contribution in [-0.4, -0.2) is 71.7 Å². The van der Waals surface area contributed by atoms with Gasteiger partial charge in [0.05, 0.1) is 31.5 Å². The number of aromatic hydroxyl groups is 1. The molecule has 0 radical (unpaired) electrons. The highest BCUT2D eigenvalue weighted by Gasteiger charge is 2.44. The topological polar surface area (TPSA) is 174 Å². The van der Waals surface area contributed by atoms with Gasteiger partial charge in [-0.05, 0) is 63.1 Å². The van der Waals surface area contributed by atoms with Gasteiger partial charge in [0.2, 0.25) is 5.69 Å². The van der Waals surface area contributed by atoms with Crippen molar-refractivity contribution < 1.29 is 35.6 Å². The molecule has 3 aromatic rings. The zero-order valence-corrected chi connectivity index (χ0v) is 30.5. The summed E-state index contributed by atoms with van der Waals surface area (Å²) >= 11 is 0. The van der Waals surface area contributed by atoms with Gasteiger partial charge in [-0.2, -0.15) is 4.58 Å². The summed E-state index contributed by atoms with van der Waals surface area (Å²) in [6.07, 6.45) is 12.2. The molecular weight excluding hydrogens is 667 g/mol. The Morgan fingerprint density at radius 3 is 2.12 bits per heavy atom. The van der Waals surface area contributed by atoms with Crippen LogP contribution in [0.25, 0.3) is 17.0 Å². The van der Waals surface area contributed by atoms with Gasteiger partial charge in [-0.3, -0.25) is 4.79 Å². The molecule has 0 aliphatic carbocycles. The van der Waals surface area contributed by atoms with E-state index >= 15 is 0 Å². The molecule has 2 aromatic carbocycles. The summed E-state index contributed by atoms with van der Waals surface area (Å²) < 4.78 is 71.2. The summed E-state index contributed by atoms with van der Waals surface area (Å²) in [4.78, 5) is 18.3. The van der Waals surface area contributed by atoms with Crippen molar-refractivity contribution in [3.63, 3.8) is 0 Å². The molecule has 268 valence electrons. The van der Waals surface area contributed by atoms with Gasteiger partial charge in [0.1, 0.15) is 22.4 Å². The van der Waals surface area contributed by atoms with Crippen LogP contribution >= 0.6 is 0 Å². The summed E-state index contributed by atoms with van der Waals surface area (Å²) in [6, 6.07) is 9.64. The smallest absolute Gasteiger partial charge is 0.259 e. The highest BCUT2D eigenvalue weighted by Crippen LogP contribution is 2.41. The van der Waals surface area contributed by atoms with Crippen molar-refractivity contribution in [2.75, 3.05) is 30.3 Å². The van der Waals surface area contributed by atoms with Gasteiger partial charge in [-0.25, -0.2) is 16.8 Å². The predicted octanol–water partition coefficient (Wildman–Crippen LogP) is 6.13. The Bertz CT molecular complexity index is 1990. The van der Waals surface area contributed by atoms with Gasteiger partial charge in [0.25, 0.3) is 5.56 Å². The number of H-pyrrole nitrogens is 1. The van der Waals surface area contributed by atoms with Crippen molar-refractivity contribution in [3.8, 4) is 5.75 Å². The maximum Gasteiger partial charge on any atom is 0.259 e. The Labute approximate surface area is 289 Å². The Morgan fingerprint density at radius 1 is 0.878 bits per heavy atom. The molecule has 0 amide bonds. The molecule has 49 heavy (non-hydrogen) atoms. The van der Waals surface area contributed by atoms with Gasteiger partial charge in [0, 0.05) is 54.0 Å². The van der Waals surface area contributed by atoms with Crippen LogP contribution in [0.1, 0.15) is 96.6 Å². The number of aromatic nitrogens is 1. The second-order valence-corrected chi connectivity index (χ2v) is 16.2. The van der Waals surface area contributed by atoms with Crippen LogP contribution in [0.3, 0.4) is 0 Å². The molecule has 4 rings (SSSR count). The second kappa shape index (κ2) is 16.0. The zero-order chi connectivity index (χ0) is 36.0. The molecule has 0 bridgehead atoms. The number of benzene rings is 2. The van der Waals surface area contributed by atoms with Gasteiger partial charge in [-0.15, -0.1) is 0 Å². The van der Waals surface area contributed by atoms with E-state index in [4.69, 9.17) is 0 Å². The van der Waals surface area contributed by atoms with Crippen LogP contribution < -0.4 is 10.5 Å². The van der Waals surface area contributed by atoms with Crippen LogP contribution in [0.15, 0.2) is 52.2 Å². The first-order valence-corrected chi connectivity index (χ1v) is 20.1. The number of aromatic amines is 1. The molecule has 1 aliphatic rings. The number of fused-ring (bicyclic) bond motifs is 2. The average Bonchev–Trinajstić information content (AvgIpc) is 3.23. The average molecular weight is 715 g/mol. The van der Waals surface area contributed by atoms with Gasteiger partial charge >= 0.3 is 0 Å². The summed E-state index contributed by atoms with van der Waals surface area (Å²) in [5, 5.41) is 11.8. The molecule has 0 atom stereocenters. The first-order chi connectivity index (χ1) is 23.1. The standard InChI is InChI=1S/C36H49N3O8S2/c1-5-7-9-11-20-38(21-12-10-8-6-2)26-14-16-28-31(24-26)37-35(41)29(34(28)40)17-19-33-36(3,4)30-25-27(49(45,46)47)15-18-32(30)39(33)22-13-23-48(42,43)44/h14-19,24-25H,5-13,20-23H2,1-4H3,(H3,37,40,41,42,43,44,45,46,47)/p-1. The quantitative estimate of drug-likeness (QED) is 0.0893. The molecule has 0 fully saturated rings. The third-order valence-corrected chi connectivity index (χ3v) is 10.9. The molecular formula is C36H48N3O8S2-. The Balaban J connectivity index is 1.72. The normalized spacial score (nSPS) is 14.7. The lowest BCUT2D eigenvalue weighted by molar-refractivity contribution is -0.437. The monoisotopic (exact) mass is 714 g/mol. The molecule has 2 N–H and O–H groups in total. The Morgan fingerprint density at radius 2 is 1.53 bits per heavy atom. The van der Waals surface area contributed by atoms with Crippen LogP contribution in [0, 0.1) is 0 Å². The number of nitrogens with zero attached hydrogens (tertiary/aromatic N) is 2. The number of rotatable bonds is 18. The number of unbranched alkanes of at least 4 members (excludes halogenated alkanes) is 6. The number of nitrogens with one attached hydrogen (secondary N) is 1. The molecule has 1 aliphatic heterocycles. The third kappa shape index (κ3) is 9.39. The molecule has 1 aromatic heterocycles. The van der Waals surface area contributed by atoms with E-state index in [0.717, 1.165) is 57.3 Å². The molecule has 11 nitrogen and oxygen atoms in total. The summed E-state index contributed by atoms with van der Waals surface area (Å²) in [5.41, 5.74) is 1.71. The number of anilines is 1. The number of hydrogen-bond acceptors (Lipinski definition) is 9. The summed E-state index contributed by atoms with van der Waals surface area (Å²) in [6.45, 7) is 9.89. The maximum atomic E-state index is 13.4. The lowest BCUT2D eigenvalue weighted by Gasteiger charge is -2.25. The molecule has 13 heteroatoms. The third-order valence-electron chi connectivity index (χ3n) is 9.27. The van der Waals surface area contributed by atoms with E-state index in [1.54, 1.807) is 30.6 Å². The molecule has 0 spiro atoms. The van der Waals surface area contributed by atoms with Crippen LogP contribution in [0.4, 0.5) is 11.4 Å². The van der Waals surface area contributed by atoms with Crippen molar-refractivity contribution in [2.45, 2.75) is 95.8 Å². The second-order valence-electron chi connectivity index (χ2n) is 13.3. The lowest BCUT2D eigenvalue weighted by Crippen LogP contribution is -2.28. The minimum Gasteiger partial charge on any atom is -0.748 e. The van der Waals surface area contributed by atoms with E-state index < -0.39 is 41.9 Å². The highest BCUT2D eigenvalue weighted by atomic mass is 32.2. The zero-order valence-electron chi connectivity index (χ0n) is 28.8. The molecule has 0 unspecified atom stereocenters. The van der Waals surface area contributed by atoms with E-state index in [0.29, 0.717) is 27.9 Å². The fourth-order valence-corrected chi connectivity index (χ4v) is 7.56. The molecule has 0 saturated carbocycles. The van der Waals surface area contributed by atoms with Crippen LogP contribution in [-0.2, 0) is 25.7 Å². The van der Waals surface area contributed by atoms with E-state index in [-0.39, 0.29) is 24.3 Å². The highest BCUT2D eigenvalue weighted by molar-refractivity contribution is 7.86. The minimum absolute atomic E-state index is 0.0143. The van der Waals surface area contributed by atoms with Gasteiger partial charge in [-0.1, -0.05) is 52.4 Å². The largest absolute Gasteiger partial charge is 0.748 e. The van der Waals surface area contributed by atoms with Crippen molar-refractivity contribution in [3.05, 3.63) is 64.0 Å².